The fourth-order valence-corrected chi connectivity index (χ4v) is 4.78. The number of aryl methyl sites for hydroxylation is 1. The molecule has 2 aromatic rings. The van der Waals surface area contributed by atoms with Crippen molar-refractivity contribution < 1.29 is 22.7 Å². The third-order valence-corrected chi connectivity index (χ3v) is 7.29. The second-order valence-corrected chi connectivity index (χ2v) is 11.1. The number of anilines is 1. The summed E-state index contributed by atoms with van der Waals surface area (Å²) in [5.41, 5.74) is 2.47. The highest BCUT2D eigenvalue weighted by Gasteiger charge is 2.27. The first-order valence-electron chi connectivity index (χ1n) is 12.2. The van der Waals surface area contributed by atoms with Gasteiger partial charge >= 0.3 is 0 Å². The molecule has 9 heteroatoms. The molecule has 2 aromatic carbocycles. The van der Waals surface area contributed by atoms with E-state index in [-0.39, 0.29) is 30.8 Å². The first-order chi connectivity index (χ1) is 17.0. The molecule has 0 heterocycles. The lowest BCUT2D eigenvalue weighted by Gasteiger charge is -2.30. The van der Waals surface area contributed by atoms with Gasteiger partial charge in [0.05, 0.1) is 19.1 Å². The summed E-state index contributed by atoms with van der Waals surface area (Å²) < 4.78 is 31.5. The number of hydrogen-bond acceptors (Lipinski definition) is 5. The third-order valence-electron chi connectivity index (χ3n) is 6.10. The van der Waals surface area contributed by atoms with Crippen LogP contribution in [0.25, 0.3) is 0 Å². The van der Waals surface area contributed by atoms with E-state index in [1.165, 1.54) is 11.4 Å². The number of rotatable bonds is 13. The highest BCUT2D eigenvalue weighted by molar-refractivity contribution is 7.92. The molecule has 0 aliphatic rings. The van der Waals surface area contributed by atoms with Crippen LogP contribution in [0, 0.1) is 6.92 Å². The molecule has 2 amide bonds. The van der Waals surface area contributed by atoms with Crippen LogP contribution in [0.1, 0.15) is 51.2 Å². The number of benzene rings is 2. The van der Waals surface area contributed by atoms with Crippen LogP contribution in [0.2, 0.25) is 0 Å². The molecule has 198 valence electrons. The van der Waals surface area contributed by atoms with Crippen molar-refractivity contribution >= 4 is 27.5 Å². The molecule has 8 nitrogen and oxygen atoms in total. The zero-order valence-electron chi connectivity index (χ0n) is 22.2. The van der Waals surface area contributed by atoms with Crippen LogP contribution in [0.4, 0.5) is 5.69 Å². The van der Waals surface area contributed by atoms with E-state index >= 15 is 0 Å². The number of hydrogen-bond donors (Lipinski definition) is 1. The minimum absolute atomic E-state index is 0.00190. The van der Waals surface area contributed by atoms with Gasteiger partial charge in [0.1, 0.15) is 11.8 Å². The Hall–Kier alpha value is -3.07. The number of amides is 2. The van der Waals surface area contributed by atoms with Crippen molar-refractivity contribution in [1.82, 2.24) is 10.2 Å². The highest BCUT2D eigenvalue weighted by Crippen LogP contribution is 2.24. The zero-order valence-corrected chi connectivity index (χ0v) is 23.0. The number of ether oxygens (including phenoxy) is 1. The standard InChI is InChI=1S/C27H39N3O5S/c1-7-21(3)28-27(32)22(4)29(19-23-12-8-11-20(2)17-23)26(31)15-10-16-30(36(6,33)34)24-13-9-14-25(18-24)35-5/h8-9,11-14,17-18,21-22H,7,10,15-16,19H2,1-6H3,(H,28,32). The van der Waals surface area contributed by atoms with Crippen molar-refractivity contribution in [1.29, 1.82) is 0 Å². The van der Waals surface area contributed by atoms with Crippen molar-refractivity contribution in [3.63, 3.8) is 0 Å². The summed E-state index contributed by atoms with van der Waals surface area (Å²) in [6.07, 6.45) is 2.32. The van der Waals surface area contributed by atoms with Crippen molar-refractivity contribution in [3.05, 3.63) is 59.7 Å². The SMILES string of the molecule is CCC(C)NC(=O)C(C)N(Cc1cccc(C)c1)C(=O)CCCN(c1cccc(OC)c1)S(C)(=O)=O. The Morgan fingerprint density at radius 2 is 1.78 bits per heavy atom. The number of sulfonamides is 1. The maximum absolute atomic E-state index is 13.4. The van der Waals surface area contributed by atoms with Crippen molar-refractivity contribution in [2.24, 2.45) is 0 Å². The van der Waals surface area contributed by atoms with E-state index in [9.17, 15) is 18.0 Å². The molecule has 36 heavy (non-hydrogen) atoms. The van der Waals surface area contributed by atoms with E-state index in [0.29, 0.717) is 24.4 Å². The van der Waals surface area contributed by atoms with Crippen LogP contribution in [-0.2, 0) is 26.2 Å². The molecule has 0 aliphatic heterocycles. The lowest BCUT2D eigenvalue weighted by atomic mass is 10.1. The molecule has 2 unspecified atom stereocenters. The molecular formula is C27H39N3O5S. The van der Waals surface area contributed by atoms with Gasteiger partial charge in [0.2, 0.25) is 21.8 Å². The Bertz CT molecular complexity index is 1140. The van der Waals surface area contributed by atoms with Gasteiger partial charge in [-0.15, -0.1) is 0 Å². The Morgan fingerprint density at radius 1 is 1.08 bits per heavy atom. The number of nitrogens with zero attached hydrogens (tertiary/aromatic N) is 2. The monoisotopic (exact) mass is 517 g/mol. The van der Waals surface area contributed by atoms with Crippen LogP contribution in [0.3, 0.4) is 0 Å². The average Bonchev–Trinajstić information content (AvgIpc) is 2.83. The van der Waals surface area contributed by atoms with E-state index in [2.05, 4.69) is 5.32 Å². The normalized spacial score (nSPS) is 12.9. The van der Waals surface area contributed by atoms with Crippen molar-refractivity contribution in [3.8, 4) is 5.75 Å². The smallest absolute Gasteiger partial charge is 0.242 e. The summed E-state index contributed by atoms with van der Waals surface area (Å²) in [5, 5.41) is 2.96. The molecule has 0 spiro atoms. The van der Waals surface area contributed by atoms with Gasteiger partial charge < -0.3 is 15.0 Å². The predicted molar refractivity (Wildman–Crippen MR) is 144 cm³/mol. The molecule has 0 aliphatic carbocycles. The van der Waals surface area contributed by atoms with Gasteiger partial charge in [-0.25, -0.2) is 8.42 Å². The predicted octanol–water partition coefficient (Wildman–Crippen LogP) is 3.88. The van der Waals surface area contributed by atoms with Gasteiger partial charge in [-0.2, -0.15) is 0 Å². The molecule has 0 radical (unpaired) electrons. The summed E-state index contributed by atoms with van der Waals surface area (Å²) in [4.78, 5) is 27.8. The first-order valence-corrected chi connectivity index (χ1v) is 14.1. The summed E-state index contributed by atoms with van der Waals surface area (Å²) in [7, 11) is -2.05. The first kappa shape index (κ1) is 29.2. The summed E-state index contributed by atoms with van der Waals surface area (Å²) >= 11 is 0. The number of carbonyl (C=O) groups is 2. The summed E-state index contributed by atoms with van der Waals surface area (Å²) in [5.74, 6) is 0.129. The molecule has 2 rings (SSSR count). The summed E-state index contributed by atoms with van der Waals surface area (Å²) in [6, 6.07) is 14.0. The van der Waals surface area contributed by atoms with Gasteiger partial charge in [0, 0.05) is 31.6 Å². The minimum atomic E-state index is -3.57. The molecular weight excluding hydrogens is 478 g/mol. The molecule has 0 fully saturated rings. The van der Waals surface area contributed by atoms with Crippen LogP contribution < -0.4 is 14.4 Å². The Kier molecular flexibility index (Phi) is 10.8. The van der Waals surface area contributed by atoms with Crippen molar-refractivity contribution in [2.45, 2.75) is 65.6 Å². The van der Waals surface area contributed by atoms with E-state index in [1.807, 2.05) is 45.0 Å². The van der Waals surface area contributed by atoms with E-state index < -0.39 is 16.1 Å². The highest BCUT2D eigenvalue weighted by atomic mass is 32.2. The van der Waals surface area contributed by atoms with Gasteiger partial charge in [-0.05, 0) is 51.3 Å². The molecule has 0 saturated heterocycles. The third kappa shape index (κ3) is 8.55. The molecule has 0 aromatic heterocycles. The van der Waals surface area contributed by atoms with E-state index in [4.69, 9.17) is 4.74 Å². The molecule has 0 bridgehead atoms. The lowest BCUT2D eigenvalue weighted by Crippen LogP contribution is -2.49. The fraction of sp³-hybridized carbons (Fsp3) is 0.481. The average molecular weight is 518 g/mol. The minimum Gasteiger partial charge on any atom is -0.497 e. The number of methoxy groups -OCH3 is 1. The fourth-order valence-electron chi connectivity index (χ4n) is 3.82. The molecule has 0 saturated carbocycles. The van der Waals surface area contributed by atoms with Crippen LogP contribution in [0.15, 0.2) is 48.5 Å². The number of nitrogens with one attached hydrogen (secondary N) is 1. The summed E-state index contributed by atoms with van der Waals surface area (Å²) in [6.45, 7) is 8.04. The molecule has 1 N–H and O–H groups in total. The van der Waals surface area contributed by atoms with Crippen LogP contribution in [0.5, 0.6) is 5.75 Å². The van der Waals surface area contributed by atoms with Gasteiger partial charge in [0.15, 0.2) is 0 Å². The van der Waals surface area contributed by atoms with Crippen LogP contribution in [-0.4, -0.2) is 57.1 Å². The Morgan fingerprint density at radius 3 is 2.39 bits per heavy atom. The Balaban J connectivity index is 2.18. The van der Waals surface area contributed by atoms with E-state index in [1.54, 1.807) is 36.1 Å². The largest absolute Gasteiger partial charge is 0.497 e. The van der Waals surface area contributed by atoms with Crippen molar-refractivity contribution in [2.75, 3.05) is 24.2 Å². The van der Waals surface area contributed by atoms with Gasteiger partial charge in [-0.3, -0.25) is 13.9 Å². The second kappa shape index (κ2) is 13.3. The van der Waals surface area contributed by atoms with E-state index in [0.717, 1.165) is 23.8 Å². The lowest BCUT2D eigenvalue weighted by molar-refractivity contribution is -0.140. The quantitative estimate of drug-likeness (QED) is 0.435. The number of carbonyl (C=O) groups excluding carboxylic acids is 2. The topological polar surface area (TPSA) is 96.0 Å². The van der Waals surface area contributed by atoms with Crippen LogP contribution >= 0.6 is 0 Å². The zero-order chi connectivity index (χ0) is 26.9. The molecule has 2 atom stereocenters. The van der Waals surface area contributed by atoms with Gasteiger partial charge in [0.25, 0.3) is 0 Å². The second-order valence-electron chi connectivity index (χ2n) is 9.14. The maximum Gasteiger partial charge on any atom is 0.242 e. The maximum atomic E-state index is 13.4. The Labute approximate surface area is 215 Å². The van der Waals surface area contributed by atoms with Gasteiger partial charge in [-0.1, -0.05) is 42.8 Å².